The number of sulfone groups is 1. The van der Waals surface area contributed by atoms with E-state index in [1.54, 1.807) is 22.4 Å². The van der Waals surface area contributed by atoms with Crippen LogP contribution in [0, 0.1) is 5.82 Å². The Balaban J connectivity index is 1.72. The third kappa shape index (κ3) is 4.48. The Labute approximate surface area is 156 Å². The van der Waals surface area contributed by atoms with Crippen LogP contribution in [0.4, 0.5) is 4.39 Å². The summed E-state index contributed by atoms with van der Waals surface area (Å²) in [5.41, 5.74) is 1.31. The zero-order chi connectivity index (χ0) is 18.7. The Morgan fingerprint density at radius 3 is 2.88 bits per heavy atom. The Kier molecular flexibility index (Phi) is 5.72. The van der Waals surface area contributed by atoms with E-state index in [-0.39, 0.29) is 35.7 Å². The number of benzene rings is 1. The summed E-state index contributed by atoms with van der Waals surface area (Å²) in [6.45, 7) is 2.51. The molecule has 1 aromatic heterocycles. The standard InChI is InChI=1S/C18H21FN2O3S2/c1-2-7-21(16-6-8-26(23,24)12-16)17(22)10-15-11-25-18(20-15)13-4-3-5-14(19)9-13/h3-5,9,11,16H,2,6-8,10,12H2,1H3. The fraction of sp³-hybridized carbons (Fsp3) is 0.444. The van der Waals surface area contributed by atoms with Crippen LogP contribution < -0.4 is 0 Å². The minimum absolute atomic E-state index is 0.0460. The van der Waals surface area contributed by atoms with Crippen molar-refractivity contribution in [3.05, 3.63) is 41.2 Å². The van der Waals surface area contributed by atoms with Crippen LogP contribution in [0.3, 0.4) is 0 Å². The lowest BCUT2D eigenvalue weighted by Gasteiger charge is -2.27. The Bertz CT molecular complexity index is 895. The van der Waals surface area contributed by atoms with Crippen LogP contribution in [0.2, 0.25) is 0 Å². The number of amides is 1. The van der Waals surface area contributed by atoms with E-state index < -0.39 is 9.84 Å². The summed E-state index contributed by atoms with van der Waals surface area (Å²) in [5.74, 6) is -0.243. The zero-order valence-electron chi connectivity index (χ0n) is 14.5. The summed E-state index contributed by atoms with van der Waals surface area (Å²) in [4.78, 5) is 18.9. The fourth-order valence-corrected chi connectivity index (χ4v) is 5.72. The molecule has 5 nitrogen and oxygen atoms in total. The van der Waals surface area contributed by atoms with E-state index in [0.717, 1.165) is 6.42 Å². The highest BCUT2D eigenvalue weighted by molar-refractivity contribution is 7.91. The lowest BCUT2D eigenvalue weighted by molar-refractivity contribution is -0.132. The molecule has 1 saturated heterocycles. The predicted molar refractivity (Wildman–Crippen MR) is 100 cm³/mol. The van der Waals surface area contributed by atoms with Crippen LogP contribution in [0.15, 0.2) is 29.6 Å². The van der Waals surface area contributed by atoms with Crippen LogP contribution >= 0.6 is 11.3 Å². The largest absolute Gasteiger partial charge is 0.338 e. The average Bonchev–Trinajstić information content (AvgIpc) is 3.19. The highest BCUT2D eigenvalue weighted by Gasteiger charge is 2.34. The molecule has 1 aliphatic rings. The minimum atomic E-state index is -3.04. The third-order valence-corrected chi connectivity index (χ3v) is 7.08. The SMILES string of the molecule is CCCN(C(=O)Cc1csc(-c2cccc(F)c2)n1)C1CCS(=O)(=O)C1. The Hall–Kier alpha value is -1.80. The van der Waals surface area contributed by atoms with Gasteiger partial charge in [0.05, 0.1) is 23.6 Å². The van der Waals surface area contributed by atoms with Gasteiger partial charge in [0.2, 0.25) is 5.91 Å². The average molecular weight is 397 g/mol. The van der Waals surface area contributed by atoms with E-state index in [0.29, 0.717) is 29.2 Å². The number of hydrogen-bond donors (Lipinski definition) is 0. The predicted octanol–water partition coefficient (Wildman–Crippen LogP) is 2.92. The number of carbonyl (C=O) groups excluding carboxylic acids is 1. The van der Waals surface area contributed by atoms with Crippen molar-refractivity contribution in [1.29, 1.82) is 0 Å². The maximum atomic E-state index is 13.4. The number of aromatic nitrogens is 1. The van der Waals surface area contributed by atoms with Gasteiger partial charge >= 0.3 is 0 Å². The minimum Gasteiger partial charge on any atom is -0.338 e. The van der Waals surface area contributed by atoms with Crippen LogP contribution in [0.25, 0.3) is 10.6 Å². The molecule has 2 aromatic rings. The normalized spacial score (nSPS) is 18.8. The number of thiazole rings is 1. The van der Waals surface area contributed by atoms with E-state index >= 15 is 0 Å². The first-order chi connectivity index (χ1) is 12.4. The van der Waals surface area contributed by atoms with Gasteiger partial charge in [0, 0.05) is 23.5 Å². The van der Waals surface area contributed by atoms with Gasteiger partial charge in [-0.15, -0.1) is 11.3 Å². The van der Waals surface area contributed by atoms with E-state index in [1.165, 1.54) is 23.5 Å². The van der Waals surface area contributed by atoms with Gasteiger partial charge in [-0.3, -0.25) is 4.79 Å². The van der Waals surface area contributed by atoms with Gasteiger partial charge in [-0.25, -0.2) is 17.8 Å². The molecule has 2 heterocycles. The first-order valence-corrected chi connectivity index (χ1v) is 11.3. The van der Waals surface area contributed by atoms with Gasteiger partial charge in [-0.1, -0.05) is 19.1 Å². The van der Waals surface area contributed by atoms with Crippen molar-refractivity contribution in [2.45, 2.75) is 32.2 Å². The topological polar surface area (TPSA) is 67.3 Å². The maximum Gasteiger partial charge on any atom is 0.228 e. The molecule has 1 unspecified atom stereocenters. The Morgan fingerprint density at radius 2 is 2.23 bits per heavy atom. The van der Waals surface area contributed by atoms with Crippen LogP contribution in [0.5, 0.6) is 0 Å². The summed E-state index contributed by atoms with van der Waals surface area (Å²) in [5, 5.41) is 2.46. The van der Waals surface area contributed by atoms with Crippen molar-refractivity contribution >= 4 is 27.1 Å². The molecule has 1 amide bonds. The van der Waals surface area contributed by atoms with Gasteiger partial charge in [0.15, 0.2) is 9.84 Å². The summed E-state index contributed by atoms with van der Waals surface area (Å²) < 4.78 is 36.8. The smallest absolute Gasteiger partial charge is 0.228 e. The first kappa shape index (κ1) is 19.0. The summed E-state index contributed by atoms with van der Waals surface area (Å²) in [7, 11) is -3.04. The second kappa shape index (κ2) is 7.84. The number of rotatable bonds is 6. The second-order valence-corrected chi connectivity index (χ2v) is 9.56. The molecular weight excluding hydrogens is 375 g/mol. The highest BCUT2D eigenvalue weighted by Crippen LogP contribution is 2.25. The lowest BCUT2D eigenvalue weighted by Crippen LogP contribution is -2.42. The molecule has 0 radical (unpaired) electrons. The molecule has 1 atom stereocenters. The van der Waals surface area contributed by atoms with Crippen molar-refractivity contribution in [3.8, 4) is 10.6 Å². The summed E-state index contributed by atoms with van der Waals surface area (Å²) in [6, 6.07) is 5.95. The quantitative estimate of drug-likeness (QED) is 0.753. The summed E-state index contributed by atoms with van der Waals surface area (Å²) >= 11 is 1.37. The molecule has 140 valence electrons. The molecule has 1 fully saturated rings. The molecule has 0 bridgehead atoms. The molecular formula is C18H21FN2O3S2. The molecule has 1 aliphatic heterocycles. The maximum absolute atomic E-state index is 13.4. The summed E-state index contributed by atoms with van der Waals surface area (Å²) in [6.07, 6.45) is 1.40. The van der Waals surface area contributed by atoms with Crippen LogP contribution in [-0.2, 0) is 21.1 Å². The Morgan fingerprint density at radius 1 is 1.42 bits per heavy atom. The first-order valence-electron chi connectivity index (χ1n) is 8.58. The van der Waals surface area contributed by atoms with Gasteiger partial charge in [-0.05, 0) is 25.0 Å². The second-order valence-electron chi connectivity index (χ2n) is 6.48. The molecule has 3 rings (SSSR count). The van der Waals surface area contributed by atoms with Gasteiger partial charge < -0.3 is 4.90 Å². The number of carbonyl (C=O) groups is 1. The molecule has 0 spiro atoms. The van der Waals surface area contributed by atoms with Crippen molar-refractivity contribution < 1.29 is 17.6 Å². The molecule has 0 N–H and O–H groups in total. The third-order valence-electron chi connectivity index (χ3n) is 4.39. The van der Waals surface area contributed by atoms with Crippen LogP contribution in [0.1, 0.15) is 25.5 Å². The van der Waals surface area contributed by atoms with E-state index in [2.05, 4.69) is 4.98 Å². The molecule has 0 saturated carbocycles. The van der Waals surface area contributed by atoms with E-state index in [1.807, 2.05) is 6.92 Å². The number of halogens is 1. The van der Waals surface area contributed by atoms with Gasteiger partial charge in [0.1, 0.15) is 10.8 Å². The number of hydrogen-bond acceptors (Lipinski definition) is 5. The molecule has 0 aliphatic carbocycles. The molecule has 8 heteroatoms. The fourth-order valence-electron chi connectivity index (χ4n) is 3.17. The highest BCUT2D eigenvalue weighted by atomic mass is 32.2. The van der Waals surface area contributed by atoms with Crippen molar-refractivity contribution in [1.82, 2.24) is 9.88 Å². The lowest BCUT2D eigenvalue weighted by atomic mass is 10.2. The van der Waals surface area contributed by atoms with Crippen molar-refractivity contribution in [2.24, 2.45) is 0 Å². The van der Waals surface area contributed by atoms with Crippen molar-refractivity contribution in [2.75, 3.05) is 18.1 Å². The van der Waals surface area contributed by atoms with Crippen molar-refractivity contribution in [3.63, 3.8) is 0 Å². The molecule has 1 aromatic carbocycles. The van der Waals surface area contributed by atoms with E-state index in [9.17, 15) is 17.6 Å². The zero-order valence-corrected chi connectivity index (χ0v) is 16.2. The number of nitrogens with zero attached hydrogens (tertiary/aromatic N) is 2. The van der Waals surface area contributed by atoms with E-state index in [4.69, 9.17) is 0 Å². The van der Waals surface area contributed by atoms with Crippen LogP contribution in [-0.4, -0.2) is 48.3 Å². The molecule has 26 heavy (non-hydrogen) atoms. The van der Waals surface area contributed by atoms with Gasteiger partial charge in [-0.2, -0.15) is 0 Å². The monoisotopic (exact) mass is 396 g/mol. The van der Waals surface area contributed by atoms with Gasteiger partial charge in [0.25, 0.3) is 0 Å².